The summed E-state index contributed by atoms with van der Waals surface area (Å²) in [5.74, 6) is 0.105. The van der Waals surface area contributed by atoms with Crippen molar-refractivity contribution >= 4 is 20.7 Å². The molecule has 3 heteroatoms. The zero-order chi connectivity index (χ0) is 15.4. The number of halogens is 1. The van der Waals surface area contributed by atoms with E-state index in [9.17, 15) is 9.18 Å². The topological polar surface area (TPSA) is 17.1 Å². The van der Waals surface area contributed by atoms with Crippen LogP contribution < -0.4 is 0 Å². The van der Waals surface area contributed by atoms with Gasteiger partial charge in [-0.05, 0) is 0 Å². The molecule has 1 fully saturated rings. The Morgan fingerprint density at radius 2 is 1.77 bits per heavy atom. The Morgan fingerprint density at radius 3 is 2.41 bits per heavy atom. The molecule has 0 aromatic heterocycles. The van der Waals surface area contributed by atoms with Gasteiger partial charge in [0.15, 0.2) is 0 Å². The Hall–Kier alpha value is -1.44. The van der Waals surface area contributed by atoms with E-state index in [4.69, 9.17) is 0 Å². The molecule has 1 aliphatic rings. The number of benzene rings is 2. The molecule has 1 aliphatic carbocycles. The molecule has 1 atom stereocenters. The summed E-state index contributed by atoms with van der Waals surface area (Å²) in [5, 5.41) is 1.96. The standard InChI is InChI=1S/C19H19FOSe/c20-17-10-8-16(9-11-17)19(12-4-7-18(19)21)14-22-13-15-5-2-1-3-6-15/h1-3,5-6,8-11H,4,7,12-14H2. The van der Waals surface area contributed by atoms with Gasteiger partial charge in [-0.3, -0.25) is 0 Å². The van der Waals surface area contributed by atoms with Crippen LogP contribution in [-0.4, -0.2) is 20.7 Å². The molecule has 2 aromatic rings. The van der Waals surface area contributed by atoms with E-state index in [1.807, 2.05) is 6.07 Å². The van der Waals surface area contributed by atoms with Crippen LogP contribution in [0.1, 0.15) is 30.4 Å². The summed E-state index contributed by atoms with van der Waals surface area (Å²) in [7, 11) is 0. The van der Waals surface area contributed by atoms with E-state index in [-0.39, 0.29) is 11.2 Å². The van der Waals surface area contributed by atoms with Gasteiger partial charge in [0.05, 0.1) is 0 Å². The van der Waals surface area contributed by atoms with E-state index in [1.54, 1.807) is 12.1 Å². The van der Waals surface area contributed by atoms with E-state index in [2.05, 4.69) is 24.3 Å². The predicted molar refractivity (Wildman–Crippen MR) is 87.6 cm³/mol. The first-order valence-corrected chi connectivity index (χ1v) is 10.0. The summed E-state index contributed by atoms with van der Waals surface area (Å²) in [6.45, 7) is 0. The van der Waals surface area contributed by atoms with E-state index in [0.29, 0.717) is 27.2 Å². The molecule has 22 heavy (non-hydrogen) atoms. The maximum atomic E-state index is 13.2. The molecule has 0 saturated heterocycles. The Balaban J connectivity index is 1.76. The van der Waals surface area contributed by atoms with Crippen LogP contribution in [0.5, 0.6) is 0 Å². The molecule has 3 rings (SSSR count). The summed E-state index contributed by atoms with van der Waals surface area (Å²) >= 11 is 0.371. The average molecular weight is 361 g/mol. The fourth-order valence-electron chi connectivity index (χ4n) is 3.16. The molecule has 114 valence electrons. The van der Waals surface area contributed by atoms with Gasteiger partial charge in [0, 0.05) is 0 Å². The summed E-state index contributed by atoms with van der Waals surface area (Å²) in [6.07, 6.45) is 2.53. The second-order valence-corrected chi connectivity index (χ2v) is 7.91. The molecule has 0 amide bonds. The molecule has 0 heterocycles. The van der Waals surface area contributed by atoms with E-state index in [1.165, 1.54) is 17.7 Å². The molecule has 1 saturated carbocycles. The van der Waals surface area contributed by atoms with Crippen molar-refractivity contribution in [2.45, 2.75) is 35.3 Å². The van der Waals surface area contributed by atoms with Crippen molar-refractivity contribution in [3.8, 4) is 0 Å². The molecule has 0 radical (unpaired) electrons. The molecule has 1 unspecified atom stereocenters. The summed E-state index contributed by atoms with van der Waals surface area (Å²) in [4.78, 5) is 12.5. The van der Waals surface area contributed by atoms with Crippen molar-refractivity contribution in [2.75, 3.05) is 0 Å². The third-order valence-corrected chi connectivity index (χ3v) is 6.99. The van der Waals surface area contributed by atoms with Crippen LogP contribution in [0.4, 0.5) is 4.39 Å². The number of carbonyl (C=O) groups excluding carboxylic acids is 1. The minimum atomic E-state index is -0.359. The minimum absolute atomic E-state index is 0.237. The van der Waals surface area contributed by atoms with Crippen LogP contribution in [0, 0.1) is 5.82 Å². The van der Waals surface area contributed by atoms with Crippen LogP contribution >= 0.6 is 0 Å². The number of Topliss-reactive ketones (excluding diaryl/α,β-unsaturated/α-hetero) is 1. The molecular formula is C19H19FOSe. The summed E-state index contributed by atoms with van der Waals surface area (Å²) in [5.41, 5.74) is 1.98. The van der Waals surface area contributed by atoms with E-state index in [0.717, 1.165) is 29.0 Å². The molecule has 0 aliphatic heterocycles. The van der Waals surface area contributed by atoms with Gasteiger partial charge in [0.2, 0.25) is 0 Å². The SMILES string of the molecule is O=C1CCCC1(C[Se]Cc1ccccc1)c1ccc(F)cc1. The fourth-order valence-corrected chi connectivity index (χ4v) is 5.99. The van der Waals surface area contributed by atoms with Gasteiger partial charge in [-0.25, -0.2) is 0 Å². The molecule has 0 spiro atoms. The van der Waals surface area contributed by atoms with Gasteiger partial charge < -0.3 is 0 Å². The Labute approximate surface area is 137 Å². The average Bonchev–Trinajstić information content (AvgIpc) is 2.91. The van der Waals surface area contributed by atoms with Crippen LogP contribution in [0.3, 0.4) is 0 Å². The van der Waals surface area contributed by atoms with Crippen molar-refractivity contribution in [3.05, 3.63) is 71.5 Å². The van der Waals surface area contributed by atoms with Crippen molar-refractivity contribution in [1.29, 1.82) is 0 Å². The van der Waals surface area contributed by atoms with Crippen molar-refractivity contribution in [1.82, 2.24) is 0 Å². The quantitative estimate of drug-likeness (QED) is 0.732. The van der Waals surface area contributed by atoms with Gasteiger partial charge in [0.25, 0.3) is 0 Å². The summed E-state index contributed by atoms with van der Waals surface area (Å²) in [6, 6.07) is 17.0. The number of rotatable bonds is 5. The second kappa shape index (κ2) is 6.76. The van der Waals surface area contributed by atoms with Gasteiger partial charge in [0.1, 0.15) is 0 Å². The molecule has 2 aromatic carbocycles. The molecule has 0 bridgehead atoms. The third kappa shape index (κ3) is 3.16. The first kappa shape index (κ1) is 15.5. The van der Waals surface area contributed by atoms with E-state index < -0.39 is 0 Å². The molecule has 0 N–H and O–H groups in total. The van der Waals surface area contributed by atoms with Gasteiger partial charge in [-0.2, -0.15) is 0 Å². The Kier molecular flexibility index (Phi) is 4.75. The Bertz CT molecular complexity index is 638. The van der Waals surface area contributed by atoms with Crippen molar-refractivity contribution in [2.24, 2.45) is 0 Å². The molecule has 1 nitrogen and oxygen atoms in total. The van der Waals surface area contributed by atoms with Crippen LogP contribution in [-0.2, 0) is 15.5 Å². The normalized spacial score (nSPS) is 21.2. The van der Waals surface area contributed by atoms with Gasteiger partial charge in [-0.15, -0.1) is 0 Å². The molecular weight excluding hydrogens is 342 g/mol. The fraction of sp³-hybridized carbons (Fsp3) is 0.316. The second-order valence-electron chi connectivity index (χ2n) is 5.84. The predicted octanol–water partition coefficient (Wildman–Crippen LogP) is 4.14. The zero-order valence-electron chi connectivity index (χ0n) is 12.4. The first-order chi connectivity index (χ1) is 10.7. The summed E-state index contributed by atoms with van der Waals surface area (Å²) < 4.78 is 13.2. The van der Waals surface area contributed by atoms with Crippen molar-refractivity contribution in [3.63, 3.8) is 0 Å². The number of hydrogen-bond acceptors (Lipinski definition) is 1. The third-order valence-electron chi connectivity index (χ3n) is 4.40. The van der Waals surface area contributed by atoms with Crippen molar-refractivity contribution < 1.29 is 9.18 Å². The number of ketones is 1. The van der Waals surface area contributed by atoms with Gasteiger partial charge >= 0.3 is 137 Å². The number of hydrogen-bond donors (Lipinski definition) is 0. The van der Waals surface area contributed by atoms with Gasteiger partial charge in [-0.1, -0.05) is 0 Å². The number of carbonyl (C=O) groups is 1. The first-order valence-electron chi connectivity index (χ1n) is 7.62. The maximum absolute atomic E-state index is 13.2. The monoisotopic (exact) mass is 362 g/mol. The van der Waals surface area contributed by atoms with E-state index >= 15 is 0 Å². The zero-order valence-corrected chi connectivity index (χ0v) is 14.1. The van der Waals surface area contributed by atoms with Crippen LogP contribution in [0.15, 0.2) is 54.6 Å². The van der Waals surface area contributed by atoms with Crippen LogP contribution in [0.2, 0.25) is 5.32 Å². The van der Waals surface area contributed by atoms with Crippen LogP contribution in [0.25, 0.3) is 0 Å². The Morgan fingerprint density at radius 1 is 1.05 bits per heavy atom.